The summed E-state index contributed by atoms with van der Waals surface area (Å²) in [5.41, 5.74) is 0. The number of carbonyl (C=O) groups excluding carboxylic acids is 4. The second kappa shape index (κ2) is 15.5. The minimum absolute atomic E-state index is 0.0210. The maximum atomic E-state index is 13.5. The van der Waals surface area contributed by atoms with Gasteiger partial charge in [-0.25, -0.2) is 9.59 Å². The minimum atomic E-state index is -2.45. The number of hydrogen-bond donors (Lipinski definition) is 4. The molecule has 4 fully saturated rings. The highest BCUT2D eigenvalue weighted by atomic mass is 16.7. The number of ketones is 2. The normalized spacial score (nSPS) is 37.6. The molecule has 4 aliphatic heterocycles. The summed E-state index contributed by atoms with van der Waals surface area (Å²) in [7, 11) is 1.50. The SMILES string of the molecule is CCC1O[C@@](O)(C(=O)C(=O)N2CCC(CC(C)C3CC[C@@H](C)[C@](O)(C(=O)C(=O)N4CCCC[C@H]4C(=O)O)O3)C[C@H]2C(=O)O)[C@H](C)C[C@@H]1OC. The number of carboxylic acids is 2. The Kier molecular flexibility index (Phi) is 12.3. The van der Waals surface area contributed by atoms with Crippen molar-refractivity contribution >= 4 is 35.3 Å². The molecular formula is C34H52N2O13. The average Bonchev–Trinajstić information content (AvgIpc) is 3.08. The van der Waals surface area contributed by atoms with E-state index in [0.29, 0.717) is 44.9 Å². The van der Waals surface area contributed by atoms with Gasteiger partial charge in [-0.3, -0.25) is 19.2 Å². The fraction of sp³-hybridized carbons (Fsp3) is 0.824. The number of nitrogens with zero attached hydrogens (tertiary/aromatic N) is 2. The molecule has 2 amide bonds. The standard InChI is InChI=1S/C34H52N2O13/c1-6-24-26(47-5)16-20(4)34(46,48-24)28(38)30(40)36-14-12-21(17-23(36)32(43)44)15-18(2)25-11-10-19(3)33(45,49-25)27(37)29(39)35-13-8-7-9-22(35)31(41)42/h18-26,45-46H,6-17H2,1-5H3,(H,41,42)(H,43,44)/t18?,19-,20-,21?,22+,23+,24?,25?,26+,33-,34-/m1/s1. The first-order valence-corrected chi connectivity index (χ1v) is 17.5. The second-order valence-electron chi connectivity index (χ2n) is 14.5. The molecule has 0 aliphatic carbocycles. The summed E-state index contributed by atoms with van der Waals surface area (Å²) < 4.78 is 17.1. The molecule has 15 heteroatoms. The van der Waals surface area contributed by atoms with E-state index in [0.717, 1.165) is 9.80 Å². The van der Waals surface area contributed by atoms with E-state index in [1.807, 2.05) is 6.92 Å². The zero-order valence-electron chi connectivity index (χ0n) is 29.0. The molecule has 4 aliphatic rings. The first-order chi connectivity index (χ1) is 23.0. The Morgan fingerprint density at radius 2 is 1.39 bits per heavy atom. The molecule has 0 saturated carbocycles. The Labute approximate surface area is 286 Å². The average molecular weight is 697 g/mol. The molecular weight excluding hydrogens is 644 g/mol. The van der Waals surface area contributed by atoms with Gasteiger partial charge in [0.15, 0.2) is 0 Å². The number of carboxylic acid groups (broad SMARTS) is 2. The molecule has 15 nitrogen and oxygen atoms in total. The summed E-state index contributed by atoms with van der Waals surface area (Å²) >= 11 is 0. The lowest BCUT2D eigenvalue weighted by Crippen LogP contribution is -2.63. The van der Waals surface area contributed by atoms with Crippen LogP contribution < -0.4 is 0 Å². The molecule has 0 bridgehead atoms. The van der Waals surface area contributed by atoms with Crippen molar-refractivity contribution < 1.29 is 63.4 Å². The molecule has 4 rings (SSSR count). The monoisotopic (exact) mass is 696 g/mol. The van der Waals surface area contributed by atoms with Crippen molar-refractivity contribution in [3.8, 4) is 0 Å². The molecule has 276 valence electrons. The zero-order chi connectivity index (χ0) is 36.4. The quantitative estimate of drug-likeness (QED) is 0.225. The molecule has 0 spiro atoms. The highest BCUT2D eigenvalue weighted by Crippen LogP contribution is 2.40. The summed E-state index contributed by atoms with van der Waals surface area (Å²) in [6.07, 6.45) is 1.95. The predicted molar refractivity (Wildman–Crippen MR) is 170 cm³/mol. The van der Waals surface area contributed by atoms with Gasteiger partial charge in [-0.1, -0.05) is 27.7 Å². The van der Waals surface area contributed by atoms with Crippen LogP contribution in [0.4, 0.5) is 0 Å². The van der Waals surface area contributed by atoms with E-state index in [2.05, 4.69) is 0 Å². The van der Waals surface area contributed by atoms with Gasteiger partial charge in [0.1, 0.15) is 12.1 Å². The number of piperidine rings is 2. The molecule has 0 aromatic carbocycles. The Balaban J connectivity index is 1.41. The van der Waals surface area contributed by atoms with E-state index < -0.39 is 83.0 Å². The van der Waals surface area contributed by atoms with Gasteiger partial charge in [-0.2, -0.15) is 0 Å². The number of methoxy groups -OCH3 is 1. The van der Waals surface area contributed by atoms with Crippen molar-refractivity contribution in [3.63, 3.8) is 0 Å². The van der Waals surface area contributed by atoms with Crippen molar-refractivity contribution in [2.45, 2.75) is 134 Å². The lowest BCUT2D eigenvalue weighted by molar-refractivity contribution is -0.286. The molecule has 49 heavy (non-hydrogen) atoms. The molecule has 4 unspecified atom stereocenters. The van der Waals surface area contributed by atoms with E-state index in [4.69, 9.17) is 14.2 Å². The third-order valence-electron chi connectivity index (χ3n) is 11.3. The first-order valence-electron chi connectivity index (χ1n) is 17.5. The van der Waals surface area contributed by atoms with Gasteiger partial charge >= 0.3 is 11.9 Å². The van der Waals surface area contributed by atoms with Crippen molar-refractivity contribution in [2.75, 3.05) is 20.2 Å². The molecule has 11 atom stereocenters. The number of Topliss-reactive ketones (excluding diaryl/α,β-unsaturated/α-hetero) is 2. The van der Waals surface area contributed by atoms with Crippen molar-refractivity contribution in [1.82, 2.24) is 9.80 Å². The predicted octanol–water partition coefficient (Wildman–Crippen LogP) is 1.35. The molecule has 4 heterocycles. The van der Waals surface area contributed by atoms with Gasteiger partial charge in [-0.15, -0.1) is 0 Å². The van der Waals surface area contributed by atoms with E-state index in [1.54, 1.807) is 20.8 Å². The van der Waals surface area contributed by atoms with Gasteiger partial charge in [0.2, 0.25) is 11.6 Å². The maximum absolute atomic E-state index is 13.5. The number of amides is 2. The number of hydrogen-bond acceptors (Lipinski definition) is 11. The van der Waals surface area contributed by atoms with Crippen LogP contribution in [0.3, 0.4) is 0 Å². The summed E-state index contributed by atoms with van der Waals surface area (Å²) in [6, 6.07) is -2.50. The lowest BCUT2D eigenvalue weighted by Gasteiger charge is -2.45. The van der Waals surface area contributed by atoms with Gasteiger partial charge in [0.25, 0.3) is 23.4 Å². The lowest BCUT2D eigenvalue weighted by atomic mass is 9.78. The van der Waals surface area contributed by atoms with Crippen molar-refractivity contribution in [3.05, 3.63) is 0 Å². The van der Waals surface area contributed by atoms with E-state index >= 15 is 0 Å². The maximum Gasteiger partial charge on any atom is 0.326 e. The van der Waals surface area contributed by atoms with Gasteiger partial charge < -0.3 is 44.4 Å². The van der Waals surface area contributed by atoms with Crippen LogP contribution in [0.5, 0.6) is 0 Å². The highest BCUT2D eigenvalue weighted by Gasteiger charge is 2.56. The summed E-state index contributed by atoms with van der Waals surface area (Å²) in [5, 5.41) is 42.4. The van der Waals surface area contributed by atoms with Crippen LogP contribution in [0, 0.1) is 23.7 Å². The van der Waals surface area contributed by atoms with Crippen molar-refractivity contribution in [1.29, 1.82) is 0 Å². The van der Waals surface area contributed by atoms with Gasteiger partial charge in [0, 0.05) is 32.0 Å². The van der Waals surface area contributed by atoms with E-state index in [1.165, 1.54) is 7.11 Å². The Morgan fingerprint density at radius 1 is 0.796 bits per heavy atom. The third kappa shape index (κ3) is 7.70. The van der Waals surface area contributed by atoms with Crippen LogP contribution in [0.2, 0.25) is 0 Å². The molecule has 4 N–H and O–H groups in total. The van der Waals surface area contributed by atoms with E-state index in [9.17, 15) is 49.2 Å². The number of carbonyl (C=O) groups is 6. The molecule has 0 aromatic heterocycles. The Hall–Kier alpha value is -2.98. The number of aliphatic hydroxyl groups is 2. The number of likely N-dealkylation sites (tertiary alicyclic amines) is 2. The highest BCUT2D eigenvalue weighted by molar-refractivity contribution is 6.39. The van der Waals surface area contributed by atoms with Gasteiger partial charge in [0.05, 0.1) is 18.3 Å². The third-order valence-corrected chi connectivity index (χ3v) is 11.3. The molecule has 4 saturated heterocycles. The fourth-order valence-corrected chi connectivity index (χ4v) is 8.05. The number of ether oxygens (including phenoxy) is 3. The molecule has 0 aromatic rings. The molecule has 0 radical (unpaired) electrons. The smallest absolute Gasteiger partial charge is 0.326 e. The van der Waals surface area contributed by atoms with Crippen LogP contribution in [-0.4, -0.2) is 128 Å². The van der Waals surface area contributed by atoms with Crippen LogP contribution in [0.25, 0.3) is 0 Å². The summed E-state index contributed by atoms with van der Waals surface area (Å²) in [6.45, 7) is 6.84. The van der Waals surface area contributed by atoms with Crippen molar-refractivity contribution in [2.24, 2.45) is 23.7 Å². The summed E-state index contributed by atoms with van der Waals surface area (Å²) in [5.74, 6) is -14.1. The Bertz CT molecular complexity index is 1290. The van der Waals surface area contributed by atoms with Crippen LogP contribution in [0.1, 0.15) is 91.9 Å². The van der Waals surface area contributed by atoms with E-state index in [-0.39, 0.29) is 50.3 Å². The van der Waals surface area contributed by atoms with Crippen LogP contribution in [-0.2, 0) is 43.0 Å². The second-order valence-corrected chi connectivity index (χ2v) is 14.5. The largest absolute Gasteiger partial charge is 0.480 e. The van der Waals surface area contributed by atoms with Crippen LogP contribution >= 0.6 is 0 Å². The van der Waals surface area contributed by atoms with Gasteiger partial charge in [-0.05, 0) is 76.0 Å². The fourth-order valence-electron chi connectivity index (χ4n) is 8.05. The van der Waals surface area contributed by atoms with Crippen LogP contribution in [0.15, 0.2) is 0 Å². The summed E-state index contributed by atoms with van der Waals surface area (Å²) in [4.78, 5) is 79.7. The zero-order valence-corrected chi connectivity index (χ0v) is 29.0. The topological polar surface area (TPSA) is 218 Å². The first kappa shape index (κ1) is 38.8. The Morgan fingerprint density at radius 3 is 1.96 bits per heavy atom. The number of rotatable bonds is 11. The minimum Gasteiger partial charge on any atom is -0.480 e. The number of aliphatic carboxylic acids is 2.